The van der Waals surface area contributed by atoms with Crippen LogP contribution in [0.25, 0.3) is 0 Å². The molecule has 4 heterocycles. The number of aryl methyl sites for hydroxylation is 1. The Hall–Kier alpha value is -2.45. The molecule has 3 atom stereocenters. The number of carbonyl (C=O) groups excluding carboxylic acids is 4. The molecule has 0 bridgehead atoms. The topological polar surface area (TPSA) is 162 Å². The predicted molar refractivity (Wildman–Crippen MR) is 116 cm³/mol. The fourth-order valence-corrected chi connectivity index (χ4v) is 6.69. The number of benzene rings is 1. The van der Waals surface area contributed by atoms with Gasteiger partial charge in [-0.05, 0) is 37.6 Å². The zero-order chi connectivity index (χ0) is 23.4. The van der Waals surface area contributed by atoms with Gasteiger partial charge in [0.15, 0.2) is 4.34 Å². The van der Waals surface area contributed by atoms with Crippen LogP contribution < -0.4 is 45.7 Å². The number of nitrogens with two attached hydrogens (primary N) is 1. The average molecular weight is 509 g/mol. The number of thioether (sulfide) groups is 1. The number of amides is 4. The summed E-state index contributed by atoms with van der Waals surface area (Å²) >= 11 is 2.53. The first-order valence-corrected chi connectivity index (χ1v) is 11.6. The first kappa shape index (κ1) is 24.7. The van der Waals surface area contributed by atoms with Crippen LogP contribution in [0.15, 0.2) is 39.2 Å². The summed E-state index contributed by atoms with van der Waals surface area (Å²) in [5.74, 6) is -2.68. The van der Waals surface area contributed by atoms with Crippen LogP contribution in [0.2, 0.25) is 0 Å². The number of anilines is 1. The molecule has 3 N–H and O–H groups in total. The molecular formula is C20H17N6NaO5S2. The number of β-lactam (4-membered cyclic amide) rings is 1. The number of carboxylic acid groups (broad SMARTS) is 1. The number of primary amides is 1. The molecule has 0 aliphatic carbocycles. The average Bonchev–Trinajstić information content (AvgIpc) is 3.33. The maximum atomic E-state index is 13.0. The van der Waals surface area contributed by atoms with E-state index in [0.717, 1.165) is 5.01 Å². The molecule has 2 aromatic rings. The molecule has 0 radical (unpaired) electrons. The van der Waals surface area contributed by atoms with Gasteiger partial charge < -0.3 is 30.8 Å². The Balaban J connectivity index is 0.00000274. The van der Waals surface area contributed by atoms with Crippen LogP contribution >= 0.6 is 23.1 Å². The molecule has 5 rings (SSSR count). The minimum absolute atomic E-state index is 0. The number of urea groups is 1. The van der Waals surface area contributed by atoms with Gasteiger partial charge in [0.05, 0.1) is 17.7 Å². The second kappa shape index (κ2) is 9.30. The zero-order valence-corrected chi connectivity index (χ0v) is 21.8. The molecule has 1 unspecified atom stereocenters. The van der Waals surface area contributed by atoms with Crippen molar-refractivity contribution < 1.29 is 53.8 Å². The van der Waals surface area contributed by atoms with E-state index in [4.69, 9.17) is 5.73 Å². The maximum Gasteiger partial charge on any atom is 1.00 e. The second-order valence-electron chi connectivity index (χ2n) is 7.79. The Morgan fingerprint density at radius 3 is 2.53 bits per heavy atom. The minimum atomic E-state index is -1.43. The quantitative estimate of drug-likeness (QED) is 0.322. The third-order valence-corrected chi connectivity index (χ3v) is 8.04. The van der Waals surface area contributed by atoms with Gasteiger partial charge in [-0.3, -0.25) is 9.59 Å². The van der Waals surface area contributed by atoms with E-state index in [-0.39, 0.29) is 47.7 Å². The fraction of sp³-hybridized carbons (Fsp3) is 0.300. The summed E-state index contributed by atoms with van der Waals surface area (Å²) in [5, 5.41) is 23.4. The van der Waals surface area contributed by atoms with Crippen molar-refractivity contribution in [2.75, 3.05) is 11.9 Å². The van der Waals surface area contributed by atoms with E-state index in [2.05, 4.69) is 15.5 Å². The summed E-state index contributed by atoms with van der Waals surface area (Å²) in [4.78, 5) is 52.2. The Morgan fingerprint density at radius 1 is 1.24 bits per heavy atom. The van der Waals surface area contributed by atoms with E-state index in [0.29, 0.717) is 26.9 Å². The van der Waals surface area contributed by atoms with Crippen molar-refractivity contribution in [3.05, 3.63) is 45.4 Å². The molecule has 0 spiro atoms. The molecular weight excluding hydrogens is 491 g/mol. The number of carbonyl (C=O) groups is 4. The van der Waals surface area contributed by atoms with Gasteiger partial charge in [-0.25, -0.2) is 4.79 Å². The van der Waals surface area contributed by atoms with Gasteiger partial charge in [-0.1, -0.05) is 23.1 Å². The molecule has 2 fully saturated rings. The number of hydrogen-bond acceptors (Lipinski definition) is 9. The number of likely N-dealkylation sites (tertiary alicyclic amines) is 1. The van der Waals surface area contributed by atoms with E-state index in [1.807, 2.05) is 0 Å². The summed E-state index contributed by atoms with van der Waals surface area (Å²) in [6, 6.07) is 4.37. The van der Waals surface area contributed by atoms with Crippen LogP contribution in [0.4, 0.5) is 10.5 Å². The van der Waals surface area contributed by atoms with E-state index in [1.54, 1.807) is 19.1 Å². The van der Waals surface area contributed by atoms with Crippen LogP contribution in [0.1, 0.15) is 21.8 Å². The third kappa shape index (κ3) is 4.01. The SMILES string of the molecule is Cc1nnc(SC2=C(C(=O)[O-])N3C(=O)[C@@H]4[C@H]3C2CCN4C(=O)Nc2ccc(C(N)=O)cc2)s1.[Na+]. The van der Waals surface area contributed by atoms with Gasteiger partial charge in [0.1, 0.15) is 11.0 Å². The summed E-state index contributed by atoms with van der Waals surface area (Å²) in [7, 11) is 0. The normalized spacial score (nSPS) is 22.6. The summed E-state index contributed by atoms with van der Waals surface area (Å²) in [6.07, 6.45) is 0.482. The molecule has 1 aromatic heterocycles. The van der Waals surface area contributed by atoms with Crippen molar-refractivity contribution in [1.82, 2.24) is 20.0 Å². The number of rotatable bonds is 5. The summed E-state index contributed by atoms with van der Waals surface area (Å²) in [5.41, 5.74) is 5.83. The van der Waals surface area contributed by atoms with E-state index in [1.165, 1.54) is 45.0 Å². The first-order valence-electron chi connectivity index (χ1n) is 10.0. The number of nitrogens with one attached hydrogen (secondary N) is 1. The van der Waals surface area contributed by atoms with Gasteiger partial charge >= 0.3 is 35.6 Å². The van der Waals surface area contributed by atoms with Gasteiger partial charge in [-0.15, -0.1) is 10.2 Å². The number of nitrogens with zero attached hydrogens (tertiary/aromatic N) is 4. The van der Waals surface area contributed by atoms with Crippen molar-refractivity contribution in [1.29, 1.82) is 0 Å². The third-order valence-electron chi connectivity index (χ3n) is 5.93. The molecule has 4 amide bonds. The molecule has 170 valence electrons. The van der Waals surface area contributed by atoms with Crippen molar-refractivity contribution >= 4 is 52.6 Å². The first-order chi connectivity index (χ1) is 15.8. The van der Waals surface area contributed by atoms with Gasteiger partial charge in [0.25, 0.3) is 5.91 Å². The van der Waals surface area contributed by atoms with Crippen molar-refractivity contribution in [2.24, 2.45) is 11.7 Å². The van der Waals surface area contributed by atoms with Gasteiger partial charge in [-0.2, -0.15) is 0 Å². The number of carboxylic acids is 1. The number of piperidine rings is 1. The van der Waals surface area contributed by atoms with Gasteiger partial charge in [0, 0.05) is 28.6 Å². The van der Waals surface area contributed by atoms with Crippen molar-refractivity contribution in [2.45, 2.75) is 29.8 Å². The Bertz CT molecular complexity index is 1230. The summed E-state index contributed by atoms with van der Waals surface area (Å²) < 4.78 is 0.590. The zero-order valence-electron chi connectivity index (χ0n) is 18.2. The molecule has 3 aliphatic heterocycles. The van der Waals surface area contributed by atoms with Crippen LogP contribution in [0.3, 0.4) is 0 Å². The molecule has 34 heavy (non-hydrogen) atoms. The van der Waals surface area contributed by atoms with E-state index < -0.39 is 35.9 Å². The molecule has 3 aliphatic rings. The fourth-order valence-electron chi connectivity index (χ4n) is 4.52. The molecule has 0 saturated carbocycles. The molecule has 2 saturated heterocycles. The standard InChI is InChI=1S/C20H18N6O5S2.Na/c1-8-23-24-20(32-8)33-15-11-6-7-25(13-12(11)26(17(13)28)14(15)18(29)30)19(31)22-10-4-2-9(3-5-10)16(21)27;/h2-5,11-13H,6-7H2,1H3,(H2,21,27)(H,22,31)(H,29,30);/q;+1/p-1/t11?,12-,13+;/m1./s1. The Kier molecular flexibility index (Phi) is 6.75. The molecule has 1 aromatic carbocycles. The Morgan fingerprint density at radius 2 is 1.94 bits per heavy atom. The van der Waals surface area contributed by atoms with E-state index in [9.17, 15) is 24.3 Å². The smallest absolute Gasteiger partial charge is 0.543 e. The van der Waals surface area contributed by atoms with Crippen LogP contribution in [0, 0.1) is 12.8 Å². The maximum absolute atomic E-state index is 13.0. The number of hydrogen-bond donors (Lipinski definition) is 2. The predicted octanol–water partition coefficient (Wildman–Crippen LogP) is -2.85. The van der Waals surface area contributed by atoms with Crippen LogP contribution in [0.5, 0.6) is 0 Å². The van der Waals surface area contributed by atoms with Gasteiger partial charge in [0.2, 0.25) is 5.91 Å². The largest absolute Gasteiger partial charge is 1.00 e. The Labute approximate surface area is 224 Å². The van der Waals surface area contributed by atoms with Crippen LogP contribution in [-0.2, 0) is 9.59 Å². The van der Waals surface area contributed by atoms with Crippen LogP contribution in [-0.4, -0.2) is 62.4 Å². The monoisotopic (exact) mass is 508 g/mol. The molecule has 14 heteroatoms. The second-order valence-corrected chi connectivity index (χ2v) is 10.3. The van der Waals surface area contributed by atoms with Crippen molar-refractivity contribution in [3.8, 4) is 0 Å². The van der Waals surface area contributed by atoms with E-state index >= 15 is 0 Å². The summed E-state index contributed by atoms with van der Waals surface area (Å²) in [6.45, 7) is 2.08. The number of aliphatic carboxylic acids is 1. The number of aromatic nitrogens is 2. The van der Waals surface area contributed by atoms with Crippen molar-refractivity contribution in [3.63, 3.8) is 0 Å². The minimum Gasteiger partial charge on any atom is -0.543 e. The molecule has 11 nitrogen and oxygen atoms in total.